The molecule has 1 fully saturated rings. The topological polar surface area (TPSA) is 31.4 Å². The molecule has 0 aliphatic carbocycles. The number of nitrogens with one attached hydrogen (secondary N) is 1. The van der Waals surface area contributed by atoms with Gasteiger partial charge in [-0.05, 0) is 32.1 Å². The molecule has 1 aliphatic rings. The van der Waals surface area contributed by atoms with E-state index in [1.165, 1.54) is 17.7 Å². The number of anilines is 1. The van der Waals surface area contributed by atoms with Crippen molar-refractivity contribution >= 4 is 5.69 Å². The monoisotopic (exact) mass is 276 g/mol. The van der Waals surface area contributed by atoms with Gasteiger partial charge in [-0.2, -0.15) is 0 Å². The van der Waals surface area contributed by atoms with Crippen molar-refractivity contribution in [2.45, 2.75) is 39.8 Å². The van der Waals surface area contributed by atoms with Crippen LogP contribution in [0.15, 0.2) is 18.5 Å². The van der Waals surface area contributed by atoms with Crippen LogP contribution in [0.4, 0.5) is 5.69 Å². The Bertz CT molecular complexity index is 403. The van der Waals surface area contributed by atoms with Crippen LogP contribution in [0.5, 0.6) is 0 Å². The minimum atomic E-state index is 0.699. The number of pyridine rings is 1. The van der Waals surface area contributed by atoms with Gasteiger partial charge in [-0.15, -0.1) is 0 Å². The van der Waals surface area contributed by atoms with E-state index < -0.39 is 0 Å². The Labute approximate surface area is 123 Å². The van der Waals surface area contributed by atoms with E-state index in [-0.39, 0.29) is 0 Å². The summed E-state index contributed by atoms with van der Waals surface area (Å²) in [6, 6.07) is 2.86. The Hall–Kier alpha value is -1.13. The molecule has 20 heavy (non-hydrogen) atoms. The van der Waals surface area contributed by atoms with Crippen LogP contribution in [0.1, 0.15) is 32.8 Å². The summed E-state index contributed by atoms with van der Waals surface area (Å²) < 4.78 is 0. The van der Waals surface area contributed by atoms with E-state index in [1.807, 2.05) is 12.4 Å². The molecule has 0 aromatic carbocycles. The van der Waals surface area contributed by atoms with Gasteiger partial charge in [0.2, 0.25) is 0 Å². The van der Waals surface area contributed by atoms with E-state index in [0.717, 1.165) is 39.3 Å². The smallest absolute Gasteiger partial charge is 0.0443 e. The van der Waals surface area contributed by atoms with Gasteiger partial charge in [0.15, 0.2) is 0 Å². The average Bonchev–Trinajstić information content (AvgIpc) is 2.96. The first-order valence-electron chi connectivity index (χ1n) is 7.92. The molecule has 112 valence electrons. The zero-order valence-electron chi connectivity index (χ0n) is 13.1. The predicted molar refractivity (Wildman–Crippen MR) is 85.2 cm³/mol. The summed E-state index contributed by atoms with van der Waals surface area (Å²) in [5.74, 6) is 0. The molecule has 0 radical (unpaired) electrons. The fourth-order valence-corrected chi connectivity index (χ4v) is 3.12. The molecule has 2 rings (SSSR count). The second-order valence-electron chi connectivity index (χ2n) is 5.39. The van der Waals surface area contributed by atoms with E-state index in [1.54, 1.807) is 0 Å². The van der Waals surface area contributed by atoms with Crippen molar-refractivity contribution in [1.29, 1.82) is 0 Å². The second kappa shape index (κ2) is 7.60. The molecule has 0 spiro atoms. The Balaban J connectivity index is 2.05. The number of aromatic nitrogens is 1. The Morgan fingerprint density at radius 2 is 2.15 bits per heavy atom. The lowest BCUT2D eigenvalue weighted by atomic mass is 10.2. The lowest BCUT2D eigenvalue weighted by molar-refractivity contribution is 0.232. The van der Waals surface area contributed by atoms with Crippen molar-refractivity contribution in [2.24, 2.45) is 0 Å². The Kier molecular flexibility index (Phi) is 5.80. The Morgan fingerprint density at radius 3 is 2.85 bits per heavy atom. The largest absolute Gasteiger partial charge is 0.370 e. The minimum Gasteiger partial charge on any atom is -0.370 e. The van der Waals surface area contributed by atoms with Gasteiger partial charge in [-0.25, -0.2) is 0 Å². The molecule has 0 saturated carbocycles. The van der Waals surface area contributed by atoms with Gasteiger partial charge in [0.05, 0.1) is 0 Å². The lowest BCUT2D eigenvalue weighted by Crippen LogP contribution is -2.37. The molecule has 1 aromatic heterocycles. The van der Waals surface area contributed by atoms with Crippen LogP contribution < -0.4 is 10.2 Å². The van der Waals surface area contributed by atoms with Gasteiger partial charge in [0.1, 0.15) is 0 Å². The first-order valence-corrected chi connectivity index (χ1v) is 7.92. The van der Waals surface area contributed by atoms with Crippen molar-refractivity contribution in [3.63, 3.8) is 0 Å². The highest BCUT2D eigenvalue weighted by molar-refractivity contribution is 5.53. The third-order valence-corrected chi connectivity index (χ3v) is 4.28. The van der Waals surface area contributed by atoms with Gasteiger partial charge in [-0.3, -0.25) is 9.88 Å². The molecule has 1 N–H and O–H groups in total. The maximum atomic E-state index is 4.28. The summed E-state index contributed by atoms with van der Waals surface area (Å²) in [5, 5.41) is 3.41. The molecule has 4 heteroatoms. The highest BCUT2D eigenvalue weighted by Gasteiger charge is 2.27. The van der Waals surface area contributed by atoms with E-state index in [2.05, 4.69) is 46.9 Å². The van der Waals surface area contributed by atoms with Crippen molar-refractivity contribution in [1.82, 2.24) is 15.2 Å². The molecular weight excluding hydrogens is 248 g/mol. The average molecular weight is 276 g/mol. The maximum absolute atomic E-state index is 4.28. The van der Waals surface area contributed by atoms with Crippen LogP contribution in [-0.2, 0) is 6.54 Å². The predicted octanol–water partition coefficient (Wildman–Crippen LogP) is 2.11. The summed E-state index contributed by atoms with van der Waals surface area (Å²) in [5.41, 5.74) is 2.67. The molecule has 1 aliphatic heterocycles. The van der Waals surface area contributed by atoms with Crippen LogP contribution >= 0.6 is 0 Å². The van der Waals surface area contributed by atoms with E-state index >= 15 is 0 Å². The molecule has 2 heterocycles. The molecule has 0 amide bonds. The lowest BCUT2D eigenvalue weighted by Gasteiger charge is -2.27. The van der Waals surface area contributed by atoms with Gasteiger partial charge in [0.25, 0.3) is 0 Å². The molecule has 1 saturated heterocycles. The molecule has 1 atom stereocenters. The summed E-state index contributed by atoms with van der Waals surface area (Å²) in [7, 11) is 0. The van der Waals surface area contributed by atoms with Crippen LogP contribution in [0, 0.1) is 0 Å². The number of likely N-dealkylation sites (N-methyl/N-ethyl adjacent to an activating group) is 1. The molecular formula is C16H28N4. The van der Waals surface area contributed by atoms with E-state index in [0.29, 0.717) is 6.04 Å². The molecule has 1 aromatic rings. The molecule has 4 nitrogen and oxygen atoms in total. The normalized spacial score (nSPS) is 19.0. The third-order valence-electron chi connectivity index (χ3n) is 4.28. The van der Waals surface area contributed by atoms with Crippen LogP contribution in [0.3, 0.4) is 0 Å². The Morgan fingerprint density at radius 1 is 1.35 bits per heavy atom. The number of hydrogen-bond donors (Lipinski definition) is 1. The van der Waals surface area contributed by atoms with Crippen molar-refractivity contribution in [3.8, 4) is 0 Å². The summed E-state index contributed by atoms with van der Waals surface area (Å²) in [4.78, 5) is 9.38. The van der Waals surface area contributed by atoms with Crippen molar-refractivity contribution < 1.29 is 0 Å². The van der Waals surface area contributed by atoms with Crippen molar-refractivity contribution in [3.05, 3.63) is 24.0 Å². The number of hydrogen-bond acceptors (Lipinski definition) is 4. The summed E-state index contributed by atoms with van der Waals surface area (Å²) in [6.45, 7) is 13.2. The van der Waals surface area contributed by atoms with Crippen molar-refractivity contribution in [2.75, 3.05) is 37.6 Å². The highest BCUT2D eigenvalue weighted by Crippen LogP contribution is 2.25. The highest BCUT2D eigenvalue weighted by atomic mass is 15.3. The van der Waals surface area contributed by atoms with Gasteiger partial charge in [0, 0.05) is 49.3 Å². The van der Waals surface area contributed by atoms with Gasteiger partial charge < -0.3 is 10.2 Å². The second-order valence-corrected chi connectivity index (χ2v) is 5.39. The third kappa shape index (κ3) is 3.49. The van der Waals surface area contributed by atoms with Gasteiger partial charge >= 0.3 is 0 Å². The molecule has 1 unspecified atom stereocenters. The maximum Gasteiger partial charge on any atom is 0.0443 e. The standard InChI is InChI=1S/C16H28N4/c1-4-17-11-14-12-18-9-7-16(14)20-10-8-15(13-20)19(5-2)6-3/h7,9,12,15,17H,4-6,8,10-11,13H2,1-3H3. The SMILES string of the molecule is CCNCc1cnccc1N1CCC(N(CC)CC)C1. The molecule has 0 bridgehead atoms. The van der Waals surface area contributed by atoms with Gasteiger partial charge in [-0.1, -0.05) is 20.8 Å². The summed E-state index contributed by atoms with van der Waals surface area (Å²) >= 11 is 0. The van der Waals surface area contributed by atoms with E-state index in [9.17, 15) is 0 Å². The number of nitrogens with zero attached hydrogens (tertiary/aromatic N) is 3. The van der Waals surface area contributed by atoms with E-state index in [4.69, 9.17) is 0 Å². The van der Waals surface area contributed by atoms with Crippen LogP contribution in [-0.4, -0.2) is 48.6 Å². The van der Waals surface area contributed by atoms with Crippen LogP contribution in [0.2, 0.25) is 0 Å². The fourth-order valence-electron chi connectivity index (χ4n) is 3.12. The quantitative estimate of drug-likeness (QED) is 0.826. The zero-order chi connectivity index (χ0) is 14.4. The minimum absolute atomic E-state index is 0.699. The number of rotatable bonds is 7. The fraction of sp³-hybridized carbons (Fsp3) is 0.688. The van der Waals surface area contributed by atoms with Crippen LogP contribution in [0.25, 0.3) is 0 Å². The summed E-state index contributed by atoms with van der Waals surface area (Å²) in [6.07, 6.45) is 5.18. The zero-order valence-corrected chi connectivity index (χ0v) is 13.1. The first kappa shape index (κ1) is 15.3. The first-order chi connectivity index (χ1) is 9.80.